The van der Waals surface area contributed by atoms with Crippen LogP contribution in [0.15, 0.2) is 12.1 Å². The number of hydrogen-bond donors (Lipinski definition) is 2. The number of ether oxygens (including phenoxy) is 3. The monoisotopic (exact) mass is 379 g/mol. The molecule has 0 aliphatic carbocycles. The van der Waals surface area contributed by atoms with E-state index in [-0.39, 0.29) is 17.7 Å². The summed E-state index contributed by atoms with van der Waals surface area (Å²) in [4.78, 5) is 37.5. The minimum Gasteiger partial charge on any atom is -0.493 e. The van der Waals surface area contributed by atoms with E-state index >= 15 is 0 Å². The molecular weight excluding hydrogens is 354 g/mol. The summed E-state index contributed by atoms with van der Waals surface area (Å²) >= 11 is 0. The van der Waals surface area contributed by atoms with Gasteiger partial charge in [-0.25, -0.2) is 4.79 Å². The Hall–Kier alpha value is -2.97. The molecule has 0 radical (unpaired) electrons. The average molecular weight is 379 g/mol. The van der Waals surface area contributed by atoms with Gasteiger partial charge in [0.1, 0.15) is 0 Å². The lowest BCUT2D eigenvalue weighted by Crippen LogP contribution is -2.44. The van der Waals surface area contributed by atoms with E-state index in [1.807, 2.05) is 0 Å². The van der Waals surface area contributed by atoms with Gasteiger partial charge in [-0.1, -0.05) is 0 Å². The Kier molecular flexibility index (Phi) is 6.86. The number of benzene rings is 1. The second kappa shape index (κ2) is 9.11. The first-order valence-electron chi connectivity index (χ1n) is 8.57. The van der Waals surface area contributed by atoms with Crippen molar-refractivity contribution in [3.8, 4) is 17.2 Å². The van der Waals surface area contributed by atoms with Gasteiger partial charge in [-0.15, -0.1) is 0 Å². The molecule has 148 valence electrons. The zero-order valence-corrected chi connectivity index (χ0v) is 16.0. The van der Waals surface area contributed by atoms with Crippen molar-refractivity contribution in [2.45, 2.75) is 19.8 Å². The summed E-state index contributed by atoms with van der Waals surface area (Å²) in [7, 11) is 4.42. The number of hydrogen-bond acceptors (Lipinski definition) is 6. The molecule has 1 fully saturated rings. The highest BCUT2D eigenvalue weighted by Gasteiger charge is 2.27. The molecule has 1 saturated heterocycles. The van der Waals surface area contributed by atoms with Gasteiger partial charge in [-0.2, -0.15) is 0 Å². The highest BCUT2D eigenvalue weighted by molar-refractivity contribution is 6.02. The summed E-state index contributed by atoms with van der Waals surface area (Å²) in [6.45, 7) is 2.54. The van der Waals surface area contributed by atoms with E-state index in [9.17, 15) is 14.4 Å². The lowest BCUT2D eigenvalue weighted by Gasteiger charge is -2.30. The number of rotatable bonds is 5. The van der Waals surface area contributed by atoms with E-state index in [1.54, 1.807) is 17.0 Å². The quantitative estimate of drug-likeness (QED) is 0.805. The number of amides is 4. The van der Waals surface area contributed by atoms with Crippen molar-refractivity contribution in [1.29, 1.82) is 0 Å². The van der Waals surface area contributed by atoms with Gasteiger partial charge >= 0.3 is 6.03 Å². The van der Waals surface area contributed by atoms with Crippen molar-refractivity contribution in [3.63, 3.8) is 0 Å². The normalized spacial score (nSPS) is 14.3. The highest BCUT2D eigenvalue weighted by atomic mass is 16.5. The SMILES string of the molecule is COc1cc(NC(=O)NC(=O)C2CCN(C(C)=O)CC2)cc(OC)c1OC. The third kappa shape index (κ3) is 5.02. The molecule has 0 saturated carbocycles. The van der Waals surface area contributed by atoms with Crippen molar-refractivity contribution >= 4 is 23.5 Å². The summed E-state index contributed by atoms with van der Waals surface area (Å²) in [5.41, 5.74) is 0.390. The fourth-order valence-electron chi connectivity index (χ4n) is 2.99. The predicted octanol–water partition coefficient (Wildman–Crippen LogP) is 1.62. The Labute approximate surface area is 157 Å². The van der Waals surface area contributed by atoms with Gasteiger partial charge in [0, 0.05) is 38.1 Å². The van der Waals surface area contributed by atoms with Crippen molar-refractivity contribution in [3.05, 3.63) is 12.1 Å². The van der Waals surface area contributed by atoms with Crippen LogP contribution in [0.2, 0.25) is 0 Å². The number of nitrogens with one attached hydrogen (secondary N) is 2. The standard InChI is InChI=1S/C18H25N3O6/c1-11(22)21-7-5-12(6-8-21)17(23)20-18(24)19-13-9-14(25-2)16(27-4)15(10-13)26-3/h9-10,12H,5-8H2,1-4H3,(H2,19,20,23,24). The number of imide groups is 1. The van der Waals surface area contributed by atoms with Crippen LogP contribution in [0.3, 0.4) is 0 Å². The third-order valence-corrected chi connectivity index (χ3v) is 4.47. The minimum absolute atomic E-state index is 0.00555. The number of anilines is 1. The molecule has 4 amide bonds. The molecule has 27 heavy (non-hydrogen) atoms. The Balaban J connectivity index is 1.97. The molecule has 0 bridgehead atoms. The molecule has 1 aromatic rings. The van der Waals surface area contributed by atoms with Gasteiger partial charge in [0.25, 0.3) is 0 Å². The van der Waals surface area contributed by atoms with E-state index < -0.39 is 6.03 Å². The van der Waals surface area contributed by atoms with Crippen LogP contribution in [0.1, 0.15) is 19.8 Å². The fourth-order valence-corrected chi connectivity index (χ4v) is 2.99. The van der Waals surface area contributed by atoms with E-state index in [4.69, 9.17) is 14.2 Å². The lowest BCUT2D eigenvalue weighted by atomic mass is 9.96. The summed E-state index contributed by atoms with van der Waals surface area (Å²) in [6.07, 6.45) is 1.06. The Morgan fingerprint density at radius 3 is 2.00 bits per heavy atom. The van der Waals surface area contributed by atoms with Crippen molar-refractivity contribution in [1.82, 2.24) is 10.2 Å². The Morgan fingerprint density at radius 1 is 1.00 bits per heavy atom. The van der Waals surface area contributed by atoms with Gasteiger partial charge in [-0.05, 0) is 12.8 Å². The first kappa shape index (κ1) is 20.3. The third-order valence-electron chi connectivity index (χ3n) is 4.47. The van der Waals surface area contributed by atoms with Crippen LogP contribution in [0, 0.1) is 5.92 Å². The molecule has 1 aromatic carbocycles. The van der Waals surface area contributed by atoms with E-state index in [0.29, 0.717) is 48.9 Å². The molecule has 0 aromatic heterocycles. The van der Waals surface area contributed by atoms with Crippen molar-refractivity contribution < 1.29 is 28.6 Å². The topological polar surface area (TPSA) is 106 Å². The highest BCUT2D eigenvalue weighted by Crippen LogP contribution is 2.39. The maximum Gasteiger partial charge on any atom is 0.325 e. The first-order chi connectivity index (χ1) is 12.9. The number of likely N-dealkylation sites (tertiary alicyclic amines) is 1. The summed E-state index contributed by atoms with van der Waals surface area (Å²) < 4.78 is 15.7. The van der Waals surface area contributed by atoms with Gasteiger partial charge in [0.2, 0.25) is 17.6 Å². The van der Waals surface area contributed by atoms with E-state index in [0.717, 1.165) is 0 Å². The molecule has 0 spiro atoms. The largest absolute Gasteiger partial charge is 0.493 e. The Morgan fingerprint density at radius 2 is 1.56 bits per heavy atom. The number of piperidine rings is 1. The first-order valence-corrected chi connectivity index (χ1v) is 8.57. The van der Waals surface area contributed by atoms with Crippen LogP contribution < -0.4 is 24.8 Å². The zero-order valence-electron chi connectivity index (χ0n) is 16.0. The second-order valence-corrected chi connectivity index (χ2v) is 6.14. The van der Waals surface area contributed by atoms with E-state index in [2.05, 4.69) is 10.6 Å². The average Bonchev–Trinajstić information content (AvgIpc) is 2.66. The maximum absolute atomic E-state index is 12.3. The molecule has 9 heteroatoms. The molecule has 1 aliphatic rings. The lowest BCUT2D eigenvalue weighted by molar-refractivity contribution is -0.133. The minimum atomic E-state index is -0.650. The van der Waals surface area contributed by atoms with Crippen LogP contribution >= 0.6 is 0 Å². The Bertz CT molecular complexity index is 688. The molecule has 9 nitrogen and oxygen atoms in total. The molecule has 1 heterocycles. The van der Waals surface area contributed by atoms with Gasteiger partial charge in [-0.3, -0.25) is 14.9 Å². The van der Waals surface area contributed by atoms with Crippen LogP contribution in [0.4, 0.5) is 10.5 Å². The van der Waals surface area contributed by atoms with Crippen LogP contribution in [0.25, 0.3) is 0 Å². The zero-order chi connectivity index (χ0) is 20.0. The molecular formula is C18H25N3O6. The van der Waals surface area contributed by atoms with Crippen LogP contribution in [0.5, 0.6) is 17.2 Å². The molecule has 2 N–H and O–H groups in total. The second-order valence-electron chi connectivity index (χ2n) is 6.14. The number of methoxy groups -OCH3 is 3. The number of urea groups is 1. The van der Waals surface area contributed by atoms with E-state index in [1.165, 1.54) is 28.3 Å². The molecule has 0 atom stereocenters. The van der Waals surface area contributed by atoms with Crippen molar-refractivity contribution in [2.75, 3.05) is 39.7 Å². The summed E-state index contributed by atoms with van der Waals surface area (Å²) in [5.74, 6) is 0.507. The van der Waals surface area contributed by atoms with Crippen LogP contribution in [-0.2, 0) is 9.59 Å². The molecule has 0 unspecified atom stereocenters. The number of nitrogens with zero attached hydrogens (tertiary/aromatic N) is 1. The fraction of sp³-hybridized carbons (Fsp3) is 0.500. The van der Waals surface area contributed by atoms with Gasteiger partial charge in [0.05, 0.1) is 27.0 Å². The van der Waals surface area contributed by atoms with Gasteiger partial charge in [0.15, 0.2) is 11.5 Å². The predicted molar refractivity (Wildman–Crippen MR) is 98.2 cm³/mol. The van der Waals surface area contributed by atoms with Gasteiger partial charge < -0.3 is 24.4 Å². The maximum atomic E-state index is 12.3. The smallest absolute Gasteiger partial charge is 0.325 e. The van der Waals surface area contributed by atoms with Crippen LogP contribution in [-0.4, -0.2) is 57.2 Å². The molecule has 1 aliphatic heterocycles. The molecule has 2 rings (SSSR count). The summed E-state index contributed by atoms with van der Waals surface area (Å²) in [5, 5.41) is 4.93. The number of carbonyl (C=O) groups excluding carboxylic acids is 3. The van der Waals surface area contributed by atoms with Crippen molar-refractivity contribution in [2.24, 2.45) is 5.92 Å². The summed E-state index contributed by atoms with van der Waals surface area (Å²) in [6, 6.07) is 2.48. The number of carbonyl (C=O) groups is 3.